The van der Waals surface area contributed by atoms with E-state index in [1.165, 1.54) is 0 Å². The maximum Gasteiger partial charge on any atom is 0.333 e. The first-order chi connectivity index (χ1) is 6.57. The highest BCUT2D eigenvalue weighted by Gasteiger charge is 2.06. The predicted molar refractivity (Wildman–Crippen MR) is 52.7 cm³/mol. The van der Waals surface area contributed by atoms with E-state index in [-0.39, 0.29) is 13.2 Å². The van der Waals surface area contributed by atoms with Crippen molar-refractivity contribution in [2.75, 3.05) is 13.2 Å². The lowest BCUT2D eigenvalue weighted by molar-refractivity contribution is -0.141. The summed E-state index contributed by atoms with van der Waals surface area (Å²) in [4.78, 5) is 11.2. The molecule has 1 unspecified atom stereocenters. The number of carbonyl (C=O) groups is 1. The molecule has 4 nitrogen and oxygen atoms in total. The molecule has 0 aliphatic heterocycles. The van der Waals surface area contributed by atoms with Crippen LogP contribution in [0, 0.1) is 0 Å². The summed E-state index contributed by atoms with van der Waals surface area (Å²) in [7, 11) is 0. The summed E-state index contributed by atoms with van der Waals surface area (Å²) in [6, 6.07) is 0. The average Bonchev–Trinajstić information content (AvgIpc) is 2.14. The molecule has 0 spiro atoms. The molecule has 0 aromatic heterocycles. The van der Waals surface area contributed by atoms with Crippen molar-refractivity contribution in [2.24, 2.45) is 0 Å². The lowest BCUT2D eigenvalue weighted by atomic mass is 10.2. The quantitative estimate of drug-likeness (QED) is 0.376. The smallest absolute Gasteiger partial charge is 0.333 e. The molecular weight excluding hydrogens is 184 g/mol. The average molecular weight is 202 g/mol. The Kier molecular flexibility index (Phi) is 7.06. The fourth-order valence-corrected chi connectivity index (χ4v) is 0.803. The van der Waals surface area contributed by atoms with Crippen LogP contribution in [0.2, 0.25) is 0 Å². The van der Waals surface area contributed by atoms with Crippen molar-refractivity contribution in [3.05, 3.63) is 11.6 Å². The van der Waals surface area contributed by atoms with Crippen LogP contribution in [0.15, 0.2) is 11.6 Å². The second-order valence-corrected chi connectivity index (χ2v) is 3.20. The number of ether oxygens (including phenoxy) is 1. The van der Waals surface area contributed by atoms with E-state index < -0.39 is 12.1 Å². The summed E-state index contributed by atoms with van der Waals surface area (Å²) in [6.45, 7) is 3.34. The molecule has 82 valence electrons. The molecule has 0 bridgehead atoms. The number of hydrogen-bond acceptors (Lipinski definition) is 4. The van der Waals surface area contributed by atoms with Gasteiger partial charge in [0.05, 0.1) is 6.10 Å². The van der Waals surface area contributed by atoms with Gasteiger partial charge in [-0.15, -0.1) is 0 Å². The lowest BCUT2D eigenvalue weighted by Gasteiger charge is -2.06. The zero-order valence-corrected chi connectivity index (χ0v) is 8.69. The van der Waals surface area contributed by atoms with E-state index in [0.29, 0.717) is 18.4 Å². The minimum absolute atomic E-state index is 0.0179. The summed E-state index contributed by atoms with van der Waals surface area (Å²) in [6.07, 6.45) is 2.39. The zero-order valence-electron chi connectivity index (χ0n) is 8.69. The van der Waals surface area contributed by atoms with Crippen LogP contribution >= 0.6 is 0 Å². The largest absolute Gasteiger partial charge is 0.460 e. The van der Waals surface area contributed by atoms with Crippen LogP contribution in [0.4, 0.5) is 0 Å². The molecular formula is C10H18O4. The van der Waals surface area contributed by atoms with Crippen molar-refractivity contribution >= 4 is 5.97 Å². The van der Waals surface area contributed by atoms with Gasteiger partial charge in [-0.05, 0) is 26.7 Å². The molecule has 4 heteroatoms. The van der Waals surface area contributed by atoms with Crippen molar-refractivity contribution in [1.29, 1.82) is 0 Å². The normalized spacial score (nSPS) is 13.9. The highest BCUT2D eigenvalue weighted by Crippen LogP contribution is 2.01. The van der Waals surface area contributed by atoms with Gasteiger partial charge in [-0.3, -0.25) is 0 Å². The van der Waals surface area contributed by atoms with Gasteiger partial charge in [-0.1, -0.05) is 6.08 Å². The SMILES string of the molecule is CC(=CCCCO)C(=O)OCC(C)O. The van der Waals surface area contributed by atoms with Crippen molar-refractivity contribution < 1.29 is 19.7 Å². The molecule has 0 saturated carbocycles. The minimum atomic E-state index is -0.635. The number of aliphatic hydroxyl groups excluding tert-OH is 2. The number of hydrogen-bond donors (Lipinski definition) is 2. The van der Waals surface area contributed by atoms with E-state index in [9.17, 15) is 4.79 Å². The molecule has 2 N–H and O–H groups in total. The Morgan fingerprint density at radius 1 is 1.57 bits per heavy atom. The molecule has 0 rings (SSSR count). The summed E-state index contributed by atoms with van der Waals surface area (Å²) in [5, 5.41) is 17.4. The second-order valence-electron chi connectivity index (χ2n) is 3.20. The van der Waals surface area contributed by atoms with Crippen molar-refractivity contribution in [3.8, 4) is 0 Å². The second kappa shape index (κ2) is 7.53. The summed E-state index contributed by atoms with van der Waals surface area (Å²) in [5.41, 5.74) is 0.513. The van der Waals surface area contributed by atoms with E-state index in [2.05, 4.69) is 0 Å². The first-order valence-corrected chi connectivity index (χ1v) is 4.70. The molecule has 0 heterocycles. The van der Waals surface area contributed by atoms with Gasteiger partial charge in [0.1, 0.15) is 6.61 Å². The van der Waals surface area contributed by atoms with Gasteiger partial charge in [0.2, 0.25) is 0 Å². The van der Waals surface area contributed by atoms with E-state index in [0.717, 1.165) is 0 Å². The molecule has 0 saturated heterocycles. The monoisotopic (exact) mass is 202 g/mol. The van der Waals surface area contributed by atoms with Crippen LogP contribution in [0.5, 0.6) is 0 Å². The molecule has 0 fully saturated rings. The Hall–Kier alpha value is -0.870. The number of allylic oxidation sites excluding steroid dienone is 1. The maximum absolute atomic E-state index is 11.2. The summed E-state index contributed by atoms with van der Waals surface area (Å²) in [5.74, 6) is -0.413. The van der Waals surface area contributed by atoms with E-state index in [1.54, 1.807) is 19.9 Å². The summed E-state index contributed by atoms with van der Waals surface area (Å²) < 4.78 is 4.78. The molecule has 14 heavy (non-hydrogen) atoms. The van der Waals surface area contributed by atoms with Gasteiger partial charge in [0, 0.05) is 12.2 Å². The van der Waals surface area contributed by atoms with Gasteiger partial charge >= 0.3 is 5.97 Å². The van der Waals surface area contributed by atoms with Crippen molar-refractivity contribution in [2.45, 2.75) is 32.8 Å². The Labute approximate surface area is 84.2 Å². The van der Waals surface area contributed by atoms with E-state index >= 15 is 0 Å². The molecule has 1 atom stereocenters. The van der Waals surface area contributed by atoms with E-state index in [4.69, 9.17) is 14.9 Å². The first-order valence-electron chi connectivity index (χ1n) is 4.70. The molecule has 0 radical (unpaired) electrons. The molecule has 0 aliphatic carbocycles. The van der Waals surface area contributed by atoms with Crippen LogP contribution in [-0.4, -0.2) is 35.5 Å². The third kappa shape index (κ3) is 6.62. The van der Waals surface area contributed by atoms with Crippen LogP contribution in [-0.2, 0) is 9.53 Å². The summed E-state index contributed by atoms with van der Waals surface area (Å²) >= 11 is 0. The lowest BCUT2D eigenvalue weighted by Crippen LogP contribution is -2.15. The van der Waals surface area contributed by atoms with Gasteiger partial charge in [0.15, 0.2) is 0 Å². The van der Waals surface area contributed by atoms with Crippen molar-refractivity contribution in [3.63, 3.8) is 0 Å². The predicted octanol–water partition coefficient (Wildman–Crippen LogP) is 0.629. The van der Waals surface area contributed by atoms with Gasteiger partial charge in [-0.2, -0.15) is 0 Å². The Bertz CT molecular complexity index is 196. The highest BCUT2D eigenvalue weighted by molar-refractivity contribution is 5.87. The van der Waals surface area contributed by atoms with E-state index in [1.807, 2.05) is 0 Å². The fourth-order valence-electron chi connectivity index (χ4n) is 0.803. The molecule has 0 aliphatic rings. The van der Waals surface area contributed by atoms with Crippen molar-refractivity contribution in [1.82, 2.24) is 0 Å². The van der Waals surface area contributed by atoms with Crippen LogP contribution in [0.25, 0.3) is 0 Å². The number of rotatable bonds is 6. The minimum Gasteiger partial charge on any atom is -0.460 e. The standard InChI is InChI=1S/C10H18O4/c1-8(5-3-4-6-11)10(13)14-7-9(2)12/h5,9,11-12H,3-4,6-7H2,1-2H3. The maximum atomic E-state index is 11.2. The number of carbonyl (C=O) groups excluding carboxylic acids is 1. The molecule has 0 aromatic carbocycles. The topological polar surface area (TPSA) is 66.8 Å². The fraction of sp³-hybridized carbons (Fsp3) is 0.700. The molecule has 0 aromatic rings. The number of aliphatic hydroxyl groups is 2. The van der Waals surface area contributed by atoms with Crippen LogP contribution in [0.1, 0.15) is 26.7 Å². The Morgan fingerprint density at radius 3 is 2.71 bits per heavy atom. The number of esters is 1. The van der Waals surface area contributed by atoms with Gasteiger partial charge in [0.25, 0.3) is 0 Å². The third-order valence-corrected chi connectivity index (χ3v) is 1.59. The van der Waals surface area contributed by atoms with Gasteiger partial charge < -0.3 is 14.9 Å². The van der Waals surface area contributed by atoms with Crippen LogP contribution < -0.4 is 0 Å². The Morgan fingerprint density at radius 2 is 2.21 bits per heavy atom. The third-order valence-electron chi connectivity index (χ3n) is 1.59. The Balaban J connectivity index is 3.80. The zero-order chi connectivity index (χ0) is 11.0. The highest BCUT2D eigenvalue weighted by atomic mass is 16.5. The van der Waals surface area contributed by atoms with Crippen LogP contribution in [0.3, 0.4) is 0 Å². The number of unbranched alkanes of at least 4 members (excludes halogenated alkanes) is 1. The first kappa shape index (κ1) is 13.1. The molecule has 0 amide bonds. The van der Waals surface area contributed by atoms with Gasteiger partial charge in [-0.25, -0.2) is 4.79 Å².